The molecule has 0 spiro atoms. The van der Waals surface area contributed by atoms with E-state index in [0.29, 0.717) is 57.1 Å². The molecule has 2 aliphatic rings. The number of hydrogen-bond donors (Lipinski definition) is 0. The Labute approximate surface area is 193 Å². The second-order valence-electron chi connectivity index (χ2n) is 8.87. The molecule has 33 heavy (non-hydrogen) atoms. The van der Waals surface area contributed by atoms with E-state index < -0.39 is 14.9 Å². The Balaban J connectivity index is 1.49. The maximum Gasteiger partial charge on any atom is 0.293 e. The highest BCUT2D eigenvalue weighted by molar-refractivity contribution is 7.89. The van der Waals surface area contributed by atoms with Crippen molar-refractivity contribution in [3.8, 4) is 0 Å². The molecule has 0 bridgehead atoms. The maximum atomic E-state index is 14.0. The van der Waals surface area contributed by atoms with Crippen LogP contribution >= 0.6 is 0 Å². The molecule has 0 aromatic heterocycles. The van der Waals surface area contributed by atoms with Crippen LogP contribution in [0, 0.1) is 21.8 Å². The first kappa shape index (κ1) is 23.6. The Hall–Kier alpha value is -2.56. The van der Waals surface area contributed by atoms with Gasteiger partial charge >= 0.3 is 0 Å². The van der Waals surface area contributed by atoms with Crippen LogP contribution in [-0.2, 0) is 16.6 Å². The Morgan fingerprint density at radius 3 is 2.48 bits per heavy atom. The van der Waals surface area contributed by atoms with Gasteiger partial charge in [-0.2, -0.15) is 4.31 Å². The molecule has 2 fully saturated rings. The topological polar surface area (TPSA) is 87.0 Å². The monoisotopic (exact) mass is 476 g/mol. The van der Waals surface area contributed by atoms with Gasteiger partial charge in [0.05, 0.1) is 9.82 Å². The summed E-state index contributed by atoms with van der Waals surface area (Å²) in [5, 5.41) is 11.8. The van der Waals surface area contributed by atoms with E-state index in [0.717, 1.165) is 12.8 Å². The summed E-state index contributed by atoms with van der Waals surface area (Å²) in [4.78, 5) is 15.3. The lowest BCUT2D eigenvalue weighted by Crippen LogP contribution is -2.46. The fraction of sp³-hybridized carbons (Fsp3) is 0.478. The lowest BCUT2D eigenvalue weighted by atomic mass is 10.0. The lowest BCUT2D eigenvalue weighted by Gasteiger charge is -2.36. The van der Waals surface area contributed by atoms with Gasteiger partial charge in [-0.25, -0.2) is 12.8 Å². The number of benzene rings is 2. The highest BCUT2D eigenvalue weighted by atomic mass is 32.2. The molecule has 1 atom stereocenters. The van der Waals surface area contributed by atoms with Crippen molar-refractivity contribution >= 4 is 21.4 Å². The minimum Gasteiger partial charge on any atom is -0.363 e. The van der Waals surface area contributed by atoms with Crippen molar-refractivity contribution in [2.45, 2.75) is 31.2 Å². The number of piperidine rings is 1. The zero-order chi connectivity index (χ0) is 23.6. The van der Waals surface area contributed by atoms with E-state index in [1.165, 1.54) is 22.5 Å². The highest BCUT2D eigenvalue weighted by Gasteiger charge is 2.32. The average molecular weight is 477 g/mol. The van der Waals surface area contributed by atoms with Gasteiger partial charge in [-0.1, -0.05) is 25.1 Å². The molecule has 2 aromatic carbocycles. The Morgan fingerprint density at radius 2 is 1.82 bits per heavy atom. The van der Waals surface area contributed by atoms with E-state index in [1.807, 2.05) is 11.8 Å². The van der Waals surface area contributed by atoms with Crippen LogP contribution in [0.2, 0.25) is 0 Å². The molecule has 1 unspecified atom stereocenters. The smallest absolute Gasteiger partial charge is 0.293 e. The summed E-state index contributed by atoms with van der Waals surface area (Å²) in [6.45, 7) is 5.67. The summed E-state index contributed by atoms with van der Waals surface area (Å²) in [5.74, 6) is 0.0268. The third-order valence-electron chi connectivity index (χ3n) is 6.47. The van der Waals surface area contributed by atoms with Gasteiger partial charge < -0.3 is 4.90 Å². The molecule has 2 aromatic rings. The molecule has 0 amide bonds. The van der Waals surface area contributed by atoms with E-state index in [2.05, 4.69) is 4.90 Å². The van der Waals surface area contributed by atoms with E-state index in [9.17, 15) is 22.9 Å². The molecule has 0 N–H and O–H groups in total. The number of nitro benzene ring substituents is 1. The van der Waals surface area contributed by atoms with Crippen LogP contribution in [0.4, 0.5) is 15.8 Å². The van der Waals surface area contributed by atoms with Crippen molar-refractivity contribution in [2.24, 2.45) is 5.92 Å². The predicted octanol–water partition coefficient (Wildman–Crippen LogP) is 3.48. The van der Waals surface area contributed by atoms with Crippen molar-refractivity contribution < 1.29 is 17.7 Å². The number of anilines is 1. The van der Waals surface area contributed by atoms with Crippen LogP contribution in [0.1, 0.15) is 25.3 Å². The number of halogens is 1. The van der Waals surface area contributed by atoms with E-state index in [4.69, 9.17) is 0 Å². The molecule has 2 aliphatic heterocycles. The van der Waals surface area contributed by atoms with Crippen LogP contribution in [-0.4, -0.2) is 61.8 Å². The second-order valence-corrected chi connectivity index (χ2v) is 10.8. The Morgan fingerprint density at radius 1 is 1.09 bits per heavy atom. The minimum atomic E-state index is -3.78. The zero-order valence-corrected chi connectivity index (χ0v) is 19.5. The molecule has 10 heteroatoms. The maximum absolute atomic E-state index is 14.0. The van der Waals surface area contributed by atoms with Crippen molar-refractivity contribution in [3.63, 3.8) is 0 Å². The van der Waals surface area contributed by atoms with Crippen molar-refractivity contribution in [2.75, 3.05) is 44.2 Å². The second kappa shape index (κ2) is 9.74. The van der Waals surface area contributed by atoms with E-state index >= 15 is 0 Å². The van der Waals surface area contributed by atoms with Gasteiger partial charge in [0.1, 0.15) is 11.5 Å². The highest BCUT2D eigenvalue weighted by Crippen LogP contribution is 2.33. The fourth-order valence-electron chi connectivity index (χ4n) is 4.61. The van der Waals surface area contributed by atoms with Gasteiger partial charge in [-0.05, 0) is 37.0 Å². The first-order valence-corrected chi connectivity index (χ1v) is 12.7. The van der Waals surface area contributed by atoms with Gasteiger partial charge in [-0.3, -0.25) is 15.0 Å². The Bertz CT molecular complexity index is 1120. The van der Waals surface area contributed by atoms with Gasteiger partial charge in [0.25, 0.3) is 5.69 Å². The third kappa shape index (κ3) is 5.18. The summed E-state index contributed by atoms with van der Waals surface area (Å²) in [7, 11) is -3.78. The van der Waals surface area contributed by atoms with Crippen LogP contribution in [0.25, 0.3) is 0 Å². The summed E-state index contributed by atoms with van der Waals surface area (Å²) in [6.07, 6.45) is 1.77. The van der Waals surface area contributed by atoms with Crippen LogP contribution in [0.15, 0.2) is 47.4 Å². The van der Waals surface area contributed by atoms with Gasteiger partial charge in [0.15, 0.2) is 0 Å². The molecule has 2 heterocycles. The number of rotatable bonds is 6. The van der Waals surface area contributed by atoms with E-state index in [1.54, 1.807) is 24.3 Å². The van der Waals surface area contributed by atoms with Gasteiger partial charge in [0, 0.05) is 57.4 Å². The van der Waals surface area contributed by atoms with Crippen molar-refractivity contribution in [1.82, 2.24) is 9.21 Å². The molecule has 178 valence electrons. The Kier molecular flexibility index (Phi) is 6.96. The van der Waals surface area contributed by atoms with E-state index in [-0.39, 0.29) is 22.3 Å². The lowest BCUT2D eigenvalue weighted by molar-refractivity contribution is -0.384. The van der Waals surface area contributed by atoms with Gasteiger partial charge in [0.2, 0.25) is 10.0 Å². The third-order valence-corrected chi connectivity index (χ3v) is 8.33. The number of nitro groups is 1. The molecule has 8 nitrogen and oxygen atoms in total. The molecular weight excluding hydrogens is 447 g/mol. The first-order chi connectivity index (χ1) is 15.8. The molecule has 0 saturated carbocycles. The SMILES string of the molecule is CC1CCCN(S(=O)(=O)c2ccc(N3CCN(Cc4ccccc4F)CC3)c([N+](=O)[O-])c2)C1. The van der Waals surface area contributed by atoms with Crippen molar-refractivity contribution in [1.29, 1.82) is 0 Å². The van der Waals surface area contributed by atoms with Crippen molar-refractivity contribution in [3.05, 3.63) is 64.0 Å². The first-order valence-electron chi connectivity index (χ1n) is 11.2. The molecular formula is C23H29FN4O4S. The molecule has 0 radical (unpaired) electrons. The largest absolute Gasteiger partial charge is 0.363 e. The zero-order valence-electron chi connectivity index (χ0n) is 18.7. The summed E-state index contributed by atoms with van der Waals surface area (Å²) in [6, 6.07) is 10.9. The van der Waals surface area contributed by atoms with Crippen LogP contribution < -0.4 is 4.90 Å². The quantitative estimate of drug-likeness (QED) is 0.469. The van der Waals surface area contributed by atoms with Crippen LogP contribution in [0.3, 0.4) is 0 Å². The summed E-state index contributed by atoms with van der Waals surface area (Å²) in [5.41, 5.74) is 0.832. The molecule has 0 aliphatic carbocycles. The average Bonchev–Trinajstić information content (AvgIpc) is 2.80. The van der Waals surface area contributed by atoms with Crippen LogP contribution in [0.5, 0.6) is 0 Å². The number of piperazine rings is 1. The van der Waals surface area contributed by atoms with Gasteiger partial charge in [-0.15, -0.1) is 0 Å². The summed E-state index contributed by atoms with van der Waals surface area (Å²) < 4.78 is 41.6. The fourth-order valence-corrected chi connectivity index (χ4v) is 6.22. The number of hydrogen-bond acceptors (Lipinski definition) is 6. The predicted molar refractivity (Wildman–Crippen MR) is 124 cm³/mol. The molecule has 4 rings (SSSR count). The number of sulfonamides is 1. The molecule has 2 saturated heterocycles. The standard InChI is InChI=1S/C23H29FN4O4S/c1-18-5-4-10-27(16-18)33(31,32)20-8-9-22(23(15-20)28(29)30)26-13-11-25(12-14-26)17-19-6-2-3-7-21(19)24/h2-3,6-9,15,18H,4-5,10-14,16-17H2,1H3. The minimum absolute atomic E-state index is 0.0368. The normalized spacial score (nSPS) is 20.7. The summed E-state index contributed by atoms with van der Waals surface area (Å²) >= 11 is 0. The number of nitrogens with zero attached hydrogens (tertiary/aromatic N) is 4.